The average Bonchev–Trinajstić information content (AvgIpc) is 2.24. The van der Waals surface area contributed by atoms with Gasteiger partial charge in [-0.1, -0.05) is 0 Å². The van der Waals surface area contributed by atoms with Crippen LogP contribution < -0.4 is 5.32 Å². The highest BCUT2D eigenvalue weighted by Crippen LogP contribution is 1.92. The van der Waals surface area contributed by atoms with Gasteiger partial charge in [-0.2, -0.15) is 0 Å². The number of nitrogens with zero attached hydrogens (tertiary/aromatic N) is 1. The zero-order valence-corrected chi connectivity index (χ0v) is 10.9. The van der Waals surface area contributed by atoms with E-state index in [-0.39, 0.29) is 19.5 Å². The van der Waals surface area contributed by atoms with Crippen molar-refractivity contribution in [3.8, 4) is 0 Å². The molecule has 0 aliphatic heterocycles. The van der Waals surface area contributed by atoms with E-state index < -0.39 is 37.0 Å². The molecule has 0 rings (SSSR count). The van der Waals surface area contributed by atoms with Gasteiger partial charge in [-0.3, -0.25) is 24.1 Å². The molecule has 116 valence electrons. The summed E-state index contributed by atoms with van der Waals surface area (Å²) in [5.41, 5.74) is 0. The predicted octanol–water partition coefficient (Wildman–Crippen LogP) is -1.78. The van der Waals surface area contributed by atoms with Crippen LogP contribution in [0.15, 0.2) is 0 Å². The second-order valence-electron chi connectivity index (χ2n) is 3.57. The van der Waals surface area contributed by atoms with Gasteiger partial charge in [0.15, 0.2) is 0 Å². The molecule has 0 aromatic rings. The fourth-order valence-corrected chi connectivity index (χ4v) is 1.00. The third-order valence-corrected chi connectivity index (χ3v) is 1.69. The maximum atomic E-state index is 10.3. The van der Waals surface area contributed by atoms with Gasteiger partial charge in [0.05, 0.1) is 26.1 Å². The lowest BCUT2D eigenvalue weighted by molar-refractivity contribution is -0.144. The third kappa shape index (κ3) is 18.2. The second-order valence-corrected chi connectivity index (χ2v) is 3.57. The van der Waals surface area contributed by atoms with Crippen LogP contribution in [-0.4, -0.2) is 82.4 Å². The van der Waals surface area contributed by atoms with Crippen LogP contribution in [0.2, 0.25) is 0 Å². The van der Waals surface area contributed by atoms with Crippen LogP contribution >= 0.6 is 0 Å². The molecule has 0 unspecified atom stereocenters. The van der Waals surface area contributed by atoms with E-state index in [1.54, 1.807) is 7.05 Å². The summed E-state index contributed by atoms with van der Waals surface area (Å²) in [4.78, 5) is 41.2. The van der Waals surface area contributed by atoms with E-state index in [0.29, 0.717) is 0 Å². The van der Waals surface area contributed by atoms with Crippen LogP contribution in [0.1, 0.15) is 6.42 Å². The summed E-state index contributed by atoms with van der Waals surface area (Å²) in [6, 6.07) is 0. The van der Waals surface area contributed by atoms with Gasteiger partial charge in [-0.15, -0.1) is 0 Å². The van der Waals surface area contributed by atoms with Gasteiger partial charge in [-0.25, -0.2) is 0 Å². The van der Waals surface area contributed by atoms with Gasteiger partial charge in [-0.05, 0) is 7.05 Å². The smallest absolute Gasteiger partial charge is 0.317 e. The molecular formula is C10H18N2O8. The number of nitrogens with one attached hydrogen (secondary N) is 1. The topological polar surface area (TPSA) is 164 Å². The first kappa shape index (κ1) is 20.1. The molecule has 0 amide bonds. The Morgan fingerprint density at radius 2 is 1.30 bits per heavy atom. The standard InChI is InChI=1S/C7H11NO6.C3H7NO2/c9-5(10)1-2-8(3-6(11)12)4-7(13)14;1-4-2-3(5)6/h1-4H2,(H,9,10)(H,11,12)(H,13,14);4H,2H2,1H3,(H,5,6). The highest BCUT2D eigenvalue weighted by Gasteiger charge is 2.14. The lowest BCUT2D eigenvalue weighted by Crippen LogP contribution is -2.35. The van der Waals surface area contributed by atoms with Crippen LogP contribution in [0, 0.1) is 0 Å². The minimum Gasteiger partial charge on any atom is -0.481 e. The number of aliphatic carboxylic acids is 4. The largest absolute Gasteiger partial charge is 0.481 e. The number of hydrogen-bond acceptors (Lipinski definition) is 6. The Hall–Kier alpha value is -2.20. The number of carboxylic acids is 4. The molecule has 20 heavy (non-hydrogen) atoms. The molecule has 0 heterocycles. The van der Waals surface area contributed by atoms with Gasteiger partial charge in [0.25, 0.3) is 0 Å². The number of rotatable bonds is 9. The first-order valence-corrected chi connectivity index (χ1v) is 5.43. The Labute approximate surface area is 114 Å². The SMILES string of the molecule is CNCC(=O)O.O=C(O)CCN(CC(=O)O)CC(=O)O. The molecule has 0 bridgehead atoms. The summed E-state index contributed by atoms with van der Waals surface area (Å²) in [5, 5.41) is 35.4. The number of carboxylic acid groups (broad SMARTS) is 4. The summed E-state index contributed by atoms with van der Waals surface area (Å²) in [7, 11) is 1.59. The fraction of sp³-hybridized carbons (Fsp3) is 0.600. The van der Waals surface area contributed by atoms with Crippen molar-refractivity contribution in [2.75, 3.05) is 33.2 Å². The second kappa shape index (κ2) is 11.9. The van der Waals surface area contributed by atoms with Crippen LogP contribution in [0.25, 0.3) is 0 Å². The quantitative estimate of drug-likeness (QED) is 0.328. The molecule has 0 atom stereocenters. The lowest BCUT2D eigenvalue weighted by atomic mass is 10.3. The predicted molar refractivity (Wildman–Crippen MR) is 65.5 cm³/mol. The Morgan fingerprint density at radius 3 is 1.50 bits per heavy atom. The maximum Gasteiger partial charge on any atom is 0.317 e. The third-order valence-electron chi connectivity index (χ3n) is 1.69. The van der Waals surface area contributed by atoms with Crippen molar-refractivity contribution in [1.29, 1.82) is 0 Å². The van der Waals surface area contributed by atoms with Crippen molar-refractivity contribution < 1.29 is 39.6 Å². The summed E-state index contributed by atoms with van der Waals surface area (Å²) in [5.74, 6) is -4.28. The summed E-state index contributed by atoms with van der Waals surface area (Å²) in [6.07, 6.45) is -0.277. The van der Waals surface area contributed by atoms with Crippen molar-refractivity contribution in [2.24, 2.45) is 0 Å². The molecule has 0 aromatic carbocycles. The molecule has 0 fully saturated rings. The average molecular weight is 294 g/mol. The Balaban J connectivity index is 0. The first-order chi connectivity index (χ1) is 9.18. The van der Waals surface area contributed by atoms with Gasteiger partial charge >= 0.3 is 23.9 Å². The number of carbonyl (C=O) groups is 4. The molecular weight excluding hydrogens is 276 g/mol. The van der Waals surface area contributed by atoms with E-state index in [0.717, 1.165) is 4.90 Å². The molecule has 0 aromatic heterocycles. The minimum absolute atomic E-state index is 0.0417. The van der Waals surface area contributed by atoms with Gasteiger partial charge in [0, 0.05) is 6.54 Å². The zero-order valence-electron chi connectivity index (χ0n) is 10.9. The Morgan fingerprint density at radius 1 is 0.850 bits per heavy atom. The molecule has 0 saturated heterocycles. The molecule has 0 radical (unpaired) electrons. The van der Waals surface area contributed by atoms with E-state index in [1.165, 1.54) is 0 Å². The van der Waals surface area contributed by atoms with E-state index >= 15 is 0 Å². The van der Waals surface area contributed by atoms with Crippen molar-refractivity contribution >= 4 is 23.9 Å². The number of hydrogen-bond donors (Lipinski definition) is 5. The minimum atomic E-state index is -1.18. The van der Waals surface area contributed by atoms with Crippen LogP contribution in [0.4, 0.5) is 0 Å². The molecule has 10 nitrogen and oxygen atoms in total. The van der Waals surface area contributed by atoms with Gasteiger partial charge < -0.3 is 25.7 Å². The lowest BCUT2D eigenvalue weighted by Gasteiger charge is -2.16. The summed E-state index contributed by atoms with van der Waals surface area (Å²) < 4.78 is 0. The van der Waals surface area contributed by atoms with Crippen molar-refractivity contribution in [3.05, 3.63) is 0 Å². The Bertz CT molecular complexity index is 328. The molecule has 0 aliphatic carbocycles. The summed E-state index contributed by atoms with van der Waals surface area (Å²) >= 11 is 0. The molecule has 0 aliphatic rings. The normalized spacial score (nSPS) is 9.50. The fourth-order valence-electron chi connectivity index (χ4n) is 1.00. The monoisotopic (exact) mass is 294 g/mol. The number of likely N-dealkylation sites (N-methyl/N-ethyl adjacent to an activating group) is 1. The maximum absolute atomic E-state index is 10.3. The van der Waals surface area contributed by atoms with Crippen molar-refractivity contribution in [3.63, 3.8) is 0 Å². The molecule has 10 heteroatoms. The van der Waals surface area contributed by atoms with Gasteiger partial charge in [0.2, 0.25) is 0 Å². The highest BCUT2D eigenvalue weighted by atomic mass is 16.4. The molecule has 0 saturated carbocycles. The zero-order chi connectivity index (χ0) is 16.1. The van der Waals surface area contributed by atoms with E-state index in [1.807, 2.05) is 0 Å². The molecule has 0 spiro atoms. The van der Waals surface area contributed by atoms with E-state index in [4.69, 9.17) is 20.4 Å². The molecule has 5 N–H and O–H groups in total. The van der Waals surface area contributed by atoms with Crippen LogP contribution in [0.5, 0.6) is 0 Å². The van der Waals surface area contributed by atoms with Gasteiger partial charge in [0.1, 0.15) is 0 Å². The van der Waals surface area contributed by atoms with Crippen LogP contribution in [-0.2, 0) is 19.2 Å². The first-order valence-electron chi connectivity index (χ1n) is 5.43. The summed E-state index contributed by atoms with van der Waals surface area (Å²) in [6.45, 7) is -0.993. The van der Waals surface area contributed by atoms with E-state index in [2.05, 4.69) is 5.32 Å². The Kier molecular flexibility index (Phi) is 11.9. The van der Waals surface area contributed by atoms with Crippen molar-refractivity contribution in [2.45, 2.75) is 6.42 Å². The van der Waals surface area contributed by atoms with Crippen LogP contribution in [0.3, 0.4) is 0 Å². The van der Waals surface area contributed by atoms with E-state index in [9.17, 15) is 19.2 Å². The van der Waals surface area contributed by atoms with Crippen molar-refractivity contribution in [1.82, 2.24) is 10.2 Å². The highest BCUT2D eigenvalue weighted by molar-refractivity contribution is 5.73.